The summed E-state index contributed by atoms with van der Waals surface area (Å²) in [6.45, 7) is 4.03. The van der Waals surface area contributed by atoms with Gasteiger partial charge in [0, 0.05) is 4.75 Å². The first-order valence-corrected chi connectivity index (χ1v) is 17.9. The molecule has 4 aliphatic heterocycles. The second kappa shape index (κ2) is 14.2. The third-order valence-electron chi connectivity index (χ3n) is 9.27. The summed E-state index contributed by atoms with van der Waals surface area (Å²) in [5.74, 6) is -4.23. The number of nitrogens with one attached hydrogen (secondary N) is 2. The smallest absolute Gasteiger partial charge is 0.408 e. The Morgan fingerprint density at radius 2 is 1.56 bits per heavy atom. The number of rotatable bonds is 11. The van der Waals surface area contributed by atoms with E-state index in [-0.39, 0.29) is 24.7 Å². The highest BCUT2D eigenvalue weighted by molar-refractivity contribution is 8.02. The van der Waals surface area contributed by atoms with E-state index in [1.807, 2.05) is 6.07 Å². The zero-order valence-electron chi connectivity index (χ0n) is 28.4. The molecule has 1 unspecified atom stereocenters. The number of esters is 3. The maximum absolute atomic E-state index is 13.6. The summed E-state index contributed by atoms with van der Waals surface area (Å²) in [6.07, 6.45) is -0.733. The van der Waals surface area contributed by atoms with Crippen LogP contribution >= 0.6 is 23.5 Å². The van der Waals surface area contributed by atoms with Crippen LogP contribution in [0.4, 0.5) is 4.79 Å². The SMILES string of the molecule is COC(=O)[C@]1(C)S[C@H]2CC(=O)N2[C@H]1C(=O)OCOC(=O)[C@@H]1N2C(=O)[C@@H](NC(=O)C(NC(=O)OCc3ccccc3)c3ccc(O)cc3)[C@H]2SC1(C)C. The van der Waals surface area contributed by atoms with E-state index in [9.17, 15) is 38.7 Å². The Labute approximate surface area is 306 Å². The number of ether oxygens (including phenoxy) is 4. The van der Waals surface area contributed by atoms with Gasteiger partial charge in [-0.15, -0.1) is 23.5 Å². The fraction of sp³-hybridized carbons (Fsp3) is 0.441. The van der Waals surface area contributed by atoms with E-state index in [4.69, 9.17) is 18.9 Å². The standard InChI is InChI=1S/C34H36N4O12S2/c1-33(2)24(29(43)49-16-50-30(44)25-34(3,31(45)47-4)51-21-14-20(40)37(21)25)38-27(42)23(28(38)52-33)35-26(41)22(18-10-12-19(39)13-11-18)36-32(46)48-15-17-8-6-5-7-9-17/h5-13,21-25,28,39H,14-16H2,1-4H3,(H,35,41)(H,36,46)/t21-,22?,23+,24-,25-,28+,34+/m0/s1. The minimum absolute atomic E-state index is 0.0533. The monoisotopic (exact) mass is 756 g/mol. The lowest BCUT2D eigenvalue weighted by molar-refractivity contribution is -0.182. The molecular weight excluding hydrogens is 721 g/mol. The summed E-state index contributed by atoms with van der Waals surface area (Å²) in [4.78, 5) is 93.7. The van der Waals surface area contributed by atoms with Crippen LogP contribution in [0.2, 0.25) is 0 Å². The first kappa shape index (κ1) is 36.8. The summed E-state index contributed by atoms with van der Waals surface area (Å²) in [5.41, 5.74) is 1.04. The molecule has 0 bridgehead atoms. The molecule has 2 aromatic rings. The van der Waals surface area contributed by atoms with Gasteiger partial charge in [-0.25, -0.2) is 14.4 Å². The molecular formula is C34H36N4O12S2. The van der Waals surface area contributed by atoms with Gasteiger partial charge in [-0.2, -0.15) is 0 Å². The maximum Gasteiger partial charge on any atom is 0.408 e. The van der Waals surface area contributed by atoms with Gasteiger partial charge in [0.1, 0.15) is 40.6 Å². The van der Waals surface area contributed by atoms with Crippen LogP contribution in [-0.2, 0) is 54.3 Å². The molecule has 2 aromatic carbocycles. The number of alkyl carbamates (subject to hydrolysis) is 1. The van der Waals surface area contributed by atoms with Crippen LogP contribution in [0.3, 0.4) is 0 Å². The van der Waals surface area contributed by atoms with Crippen LogP contribution in [0.5, 0.6) is 5.75 Å². The molecule has 4 fully saturated rings. The lowest BCUT2D eigenvalue weighted by atomic mass is 9.95. The van der Waals surface area contributed by atoms with Gasteiger partial charge < -0.3 is 44.5 Å². The van der Waals surface area contributed by atoms with Gasteiger partial charge in [0.05, 0.1) is 18.9 Å². The normalized spacial score (nSPS) is 27.2. The predicted octanol–water partition coefficient (Wildman–Crippen LogP) is 1.56. The van der Waals surface area contributed by atoms with E-state index < -0.39 is 87.0 Å². The summed E-state index contributed by atoms with van der Waals surface area (Å²) in [7, 11) is 1.17. The molecule has 4 amide bonds. The van der Waals surface area contributed by atoms with E-state index in [1.54, 1.807) is 38.1 Å². The van der Waals surface area contributed by atoms with Gasteiger partial charge in [-0.1, -0.05) is 42.5 Å². The summed E-state index contributed by atoms with van der Waals surface area (Å²) >= 11 is 2.37. The van der Waals surface area contributed by atoms with Crippen molar-refractivity contribution in [2.24, 2.45) is 0 Å². The van der Waals surface area contributed by atoms with Crippen molar-refractivity contribution in [3.05, 3.63) is 65.7 Å². The minimum Gasteiger partial charge on any atom is -0.508 e. The molecule has 6 rings (SSSR count). The van der Waals surface area contributed by atoms with Crippen molar-refractivity contribution >= 4 is 65.2 Å². The Kier molecular flexibility index (Phi) is 10.1. The lowest BCUT2D eigenvalue weighted by Gasteiger charge is -2.44. The fourth-order valence-electron chi connectivity index (χ4n) is 6.64. The Bertz CT molecular complexity index is 1790. The largest absolute Gasteiger partial charge is 0.508 e. The minimum atomic E-state index is -1.42. The second-order valence-electron chi connectivity index (χ2n) is 13.1. The van der Waals surface area contributed by atoms with Crippen LogP contribution in [0.1, 0.15) is 44.4 Å². The number of aromatic hydroxyl groups is 1. The molecule has 3 N–H and O–H groups in total. The maximum atomic E-state index is 13.6. The zero-order valence-corrected chi connectivity index (χ0v) is 30.1. The number of hydrogen-bond donors (Lipinski definition) is 3. The van der Waals surface area contributed by atoms with Crippen molar-refractivity contribution < 1.29 is 57.6 Å². The second-order valence-corrected chi connectivity index (χ2v) is 16.5. The van der Waals surface area contributed by atoms with Crippen LogP contribution in [0, 0.1) is 0 Å². The van der Waals surface area contributed by atoms with Crippen molar-refractivity contribution in [3.63, 3.8) is 0 Å². The molecule has 0 aliphatic carbocycles. The Balaban J connectivity index is 1.07. The molecule has 0 aromatic heterocycles. The number of carbonyl (C=O) groups excluding carboxylic acids is 7. The number of carbonyl (C=O) groups is 7. The Hall–Kier alpha value is -4.97. The molecule has 4 saturated heterocycles. The Morgan fingerprint density at radius 1 is 0.904 bits per heavy atom. The van der Waals surface area contributed by atoms with Crippen molar-refractivity contribution in [2.45, 2.75) is 78.2 Å². The number of phenols is 1. The molecule has 276 valence electrons. The molecule has 16 nitrogen and oxygen atoms in total. The first-order valence-electron chi connectivity index (χ1n) is 16.1. The molecule has 4 heterocycles. The fourth-order valence-corrected chi connectivity index (χ4v) is 9.92. The number of β-lactam (4-membered cyclic amide) rings is 2. The average molecular weight is 757 g/mol. The highest BCUT2D eigenvalue weighted by Gasteiger charge is 2.66. The third kappa shape index (κ3) is 6.71. The summed E-state index contributed by atoms with van der Waals surface area (Å²) in [5, 5.41) is 13.9. The van der Waals surface area contributed by atoms with Crippen LogP contribution in [0.15, 0.2) is 54.6 Å². The number of phenolic OH excluding ortho intramolecular Hbond substituents is 1. The van der Waals surface area contributed by atoms with Gasteiger partial charge in [-0.05, 0) is 44.0 Å². The van der Waals surface area contributed by atoms with Gasteiger partial charge in [0.15, 0.2) is 6.04 Å². The molecule has 52 heavy (non-hydrogen) atoms. The van der Waals surface area contributed by atoms with Crippen molar-refractivity contribution in [3.8, 4) is 5.75 Å². The highest BCUT2D eigenvalue weighted by Crippen LogP contribution is 2.52. The average Bonchev–Trinajstić information content (AvgIpc) is 3.53. The molecule has 0 spiro atoms. The highest BCUT2D eigenvalue weighted by atomic mass is 32.2. The molecule has 7 atom stereocenters. The Morgan fingerprint density at radius 3 is 2.19 bits per heavy atom. The number of methoxy groups -OCH3 is 1. The van der Waals surface area contributed by atoms with E-state index in [2.05, 4.69) is 10.6 Å². The number of nitrogens with zero attached hydrogens (tertiary/aromatic N) is 2. The molecule has 0 radical (unpaired) electrons. The van der Waals surface area contributed by atoms with Crippen LogP contribution in [-0.4, -0.2) is 109 Å². The van der Waals surface area contributed by atoms with E-state index in [0.29, 0.717) is 5.56 Å². The number of amides is 4. The van der Waals surface area contributed by atoms with Crippen LogP contribution in [0.25, 0.3) is 0 Å². The topological polar surface area (TPSA) is 207 Å². The number of fused-ring (bicyclic) bond motifs is 2. The third-order valence-corrected chi connectivity index (χ3v) is 12.4. The zero-order chi connectivity index (χ0) is 37.5. The molecule has 0 saturated carbocycles. The van der Waals surface area contributed by atoms with Crippen molar-refractivity contribution in [1.29, 1.82) is 0 Å². The predicted molar refractivity (Wildman–Crippen MR) is 183 cm³/mol. The lowest BCUT2D eigenvalue weighted by Crippen LogP contribution is -2.71. The van der Waals surface area contributed by atoms with Gasteiger partial charge >= 0.3 is 24.0 Å². The number of thioether (sulfide) groups is 2. The quantitative estimate of drug-likeness (QED) is 0.129. The van der Waals surface area contributed by atoms with E-state index in [0.717, 1.165) is 17.3 Å². The van der Waals surface area contributed by atoms with Crippen LogP contribution < -0.4 is 10.6 Å². The van der Waals surface area contributed by atoms with Gasteiger partial charge in [-0.3, -0.25) is 19.2 Å². The number of benzene rings is 2. The summed E-state index contributed by atoms with van der Waals surface area (Å²) < 4.78 is 18.4. The van der Waals surface area contributed by atoms with Gasteiger partial charge in [0.2, 0.25) is 24.5 Å². The molecule has 18 heteroatoms. The van der Waals surface area contributed by atoms with E-state index in [1.165, 1.54) is 59.9 Å². The first-order chi connectivity index (χ1) is 24.7. The number of hydrogen-bond acceptors (Lipinski definition) is 14. The van der Waals surface area contributed by atoms with E-state index >= 15 is 0 Å². The van der Waals surface area contributed by atoms with Crippen molar-refractivity contribution in [2.75, 3.05) is 13.9 Å². The summed E-state index contributed by atoms with van der Waals surface area (Å²) in [6, 6.07) is 9.73. The van der Waals surface area contributed by atoms with Gasteiger partial charge in [0.25, 0.3) is 0 Å². The molecule has 4 aliphatic rings. The van der Waals surface area contributed by atoms with Crippen molar-refractivity contribution in [1.82, 2.24) is 20.4 Å².